The Morgan fingerprint density at radius 2 is 1.90 bits per heavy atom. The third-order valence-electron chi connectivity index (χ3n) is 3.30. The smallest absolute Gasteiger partial charge is 0.0602 e. The molecular formula is C17H23N3. The molecule has 0 aliphatic heterocycles. The van der Waals surface area contributed by atoms with Crippen LogP contribution in [0.3, 0.4) is 0 Å². The summed E-state index contributed by atoms with van der Waals surface area (Å²) in [5.74, 6) is 0. The van der Waals surface area contributed by atoms with Gasteiger partial charge in [-0.1, -0.05) is 18.2 Å². The Kier molecular flexibility index (Phi) is 5.13. The molecule has 0 atom stereocenters. The summed E-state index contributed by atoms with van der Waals surface area (Å²) in [6.45, 7) is 6.64. The Bertz CT molecular complexity index is 551. The number of pyridine rings is 1. The van der Waals surface area contributed by atoms with Gasteiger partial charge in [-0.05, 0) is 56.6 Å². The molecule has 20 heavy (non-hydrogen) atoms. The molecule has 0 aliphatic carbocycles. The molecule has 0 amide bonds. The van der Waals surface area contributed by atoms with E-state index in [1.807, 2.05) is 13.0 Å². The zero-order chi connectivity index (χ0) is 14.4. The number of nitrogens with two attached hydrogens (primary N) is 1. The highest BCUT2D eigenvalue weighted by molar-refractivity contribution is 5.48. The van der Waals surface area contributed by atoms with Gasteiger partial charge >= 0.3 is 0 Å². The zero-order valence-electron chi connectivity index (χ0n) is 12.3. The van der Waals surface area contributed by atoms with E-state index in [-0.39, 0.29) is 0 Å². The molecule has 3 heteroatoms. The first-order valence-corrected chi connectivity index (χ1v) is 7.13. The summed E-state index contributed by atoms with van der Waals surface area (Å²) < 4.78 is 0. The van der Waals surface area contributed by atoms with Crippen LogP contribution in [0.4, 0.5) is 5.69 Å². The van der Waals surface area contributed by atoms with Crippen LogP contribution < -0.4 is 10.6 Å². The molecule has 0 radical (unpaired) electrons. The first-order chi connectivity index (χ1) is 9.69. The fraction of sp³-hybridized carbons (Fsp3) is 0.353. The maximum absolute atomic E-state index is 5.66. The fourth-order valence-corrected chi connectivity index (χ4v) is 2.29. The highest BCUT2D eigenvalue weighted by atomic mass is 15.1. The number of anilines is 1. The molecule has 2 aromatic rings. The number of nitrogens with zero attached hydrogens (tertiary/aromatic N) is 2. The van der Waals surface area contributed by atoms with E-state index in [0.29, 0.717) is 6.54 Å². The number of hydrogen-bond donors (Lipinski definition) is 1. The van der Waals surface area contributed by atoms with Crippen molar-refractivity contribution >= 4 is 5.69 Å². The SMILES string of the molecule is Cc1cccc(N(CCCN)Cc2cccc(C)n2)c1. The van der Waals surface area contributed by atoms with Crippen molar-refractivity contribution in [3.8, 4) is 0 Å². The van der Waals surface area contributed by atoms with Crippen LogP contribution in [-0.4, -0.2) is 18.1 Å². The van der Waals surface area contributed by atoms with Gasteiger partial charge in [0.25, 0.3) is 0 Å². The second kappa shape index (κ2) is 7.06. The Balaban J connectivity index is 2.19. The van der Waals surface area contributed by atoms with Gasteiger partial charge in [-0.15, -0.1) is 0 Å². The monoisotopic (exact) mass is 269 g/mol. The van der Waals surface area contributed by atoms with Gasteiger partial charge in [-0.25, -0.2) is 0 Å². The number of benzene rings is 1. The Morgan fingerprint density at radius 1 is 1.10 bits per heavy atom. The van der Waals surface area contributed by atoms with E-state index in [4.69, 9.17) is 5.73 Å². The Hall–Kier alpha value is -1.87. The van der Waals surface area contributed by atoms with E-state index in [9.17, 15) is 0 Å². The van der Waals surface area contributed by atoms with Crippen molar-refractivity contribution in [2.24, 2.45) is 5.73 Å². The van der Waals surface area contributed by atoms with Crippen molar-refractivity contribution in [1.82, 2.24) is 4.98 Å². The van der Waals surface area contributed by atoms with Gasteiger partial charge in [0, 0.05) is 17.9 Å². The van der Waals surface area contributed by atoms with Crippen LogP contribution in [0.1, 0.15) is 23.4 Å². The highest BCUT2D eigenvalue weighted by Gasteiger charge is 2.08. The zero-order valence-corrected chi connectivity index (χ0v) is 12.3. The van der Waals surface area contributed by atoms with E-state index < -0.39 is 0 Å². The van der Waals surface area contributed by atoms with E-state index >= 15 is 0 Å². The average Bonchev–Trinajstić information content (AvgIpc) is 2.43. The number of hydrogen-bond acceptors (Lipinski definition) is 3. The molecule has 0 aliphatic rings. The fourth-order valence-electron chi connectivity index (χ4n) is 2.29. The predicted octanol–water partition coefficient (Wildman–Crippen LogP) is 3.05. The van der Waals surface area contributed by atoms with Gasteiger partial charge in [0.1, 0.15) is 0 Å². The van der Waals surface area contributed by atoms with E-state index in [1.165, 1.54) is 11.3 Å². The topological polar surface area (TPSA) is 42.1 Å². The summed E-state index contributed by atoms with van der Waals surface area (Å²) in [5, 5.41) is 0. The lowest BCUT2D eigenvalue weighted by Crippen LogP contribution is -2.26. The maximum atomic E-state index is 5.66. The van der Waals surface area contributed by atoms with Gasteiger partial charge in [-0.2, -0.15) is 0 Å². The third-order valence-corrected chi connectivity index (χ3v) is 3.30. The quantitative estimate of drug-likeness (QED) is 0.876. The Labute approximate surface area is 121 Å². The van der Waals surface area contributed by atoms with Gasteiger partial charge < -0.3 is 10.6 Å². The van der Waals surface area contributed by atoms with Crippen LogP contribution in [-0.2, 0) is 6.54 Å². The first kappa shape index (κ1) is 14.5. The lowest BCUT2D eigenvalue weighted by atomic mass is 10.2. The molecule has 1 heterocycles. The summed E-state index contributed by atoms with van der Waals surface area (Å²) in [6, 6.07) is 14.8. The third kappa shape index (κ3) is 4.07. The maximum Gasteiger partial charge on any atom is 0.0602 e. The molecule has 0 fully saturated rings. The van der Waals surface area contributed by atoms with Crippen molar-refractivity contribution in [1.29, 1.82) is 0 Å². The number of aromatic nitrogens is 1. The second-order valence-electron chi connectivity index (χ2n) is 5.17. The molecule has 0 spiro atoms. The predicted molar refractivity (Wildman–Crippen MR) is 84.9 cm³/mol. The summed E-state index contributed by atoms with van der Waals surface area (Å²) in [6.07, 6.45) is 0.986. The first-order valence-electron chi connectivity index (χ1n) is 7.13. The molecule has 0 unspecified atom stereocenters. The molecule has 3 nitrogen and oxygen atoms in total. The van der Waals surface area contributed by atoms with E-state index in [1.54, 1.807) is 0 Å². The van der Waals surface area contributed by atoms with Crippen molar-refractivity contribution in [3.05, 3.63) is 59.4 Å². The largest absolute Gasteiger partial charge is 0.366 e. The van der Waals surface area contributed by atoms with Crippen LogP contribution in [0.5, 0.6) is 0 Å². The summed E-state index contributed by atoms with van der Waals surface area (Å²) >= 11 is 0. The molecule has 1 aromatic heterocycles. The summed E-state index contributed by atoms with van der Waals surface area (Å²) in [4.78, 5) is 6.94. The van der Waals surface area contributed by atoms with Crippen molar-refractivity contribution < 1.29 is 0 Å². The van der Waals surface area contributed by atoms with E-state index in [2.05, 4.69) is 53.2 Å². The lowest BCUT2D eigenvalue weighted by molar-refractivity contribution is 0.724. The molecule has 0 saturated carbocycles. The van der Waals surface area contributed by atoms with Crippen molar-refractivity contribution in [2.45, 2.75) is 26.8 Å². The standard InChI is InChI=1S/C17H23N3/c1-14-6-3-9-17(12-14)20(11-5-10-18)13-16-8-4-7-15(2)19-16/h3-4,6-9,12H,5,10-11,13,18H2,1-2H3. The summed E-state index contributed by atoms with van der Waals surface area (Å²) in [7, 11) is 0. The van der Waals surface area contributed by atoms with E-state index in [0.717, 1.165) is 30.9 Å². The highest BCUT2D eigenvalue weighted by Crippen LogP contribution is 2.18. The number of aryl methyl sites for hydroxylation is 2. The Morgan fingerprint density at radius 3 is 2.60 bits per heavy atom. The molecule has 0 bridgehead atoms. The van der Waals surface area contributed by atoms with Crippen molar-refractivity contribution in [3.63, 3.8) is 0 Å². The van der Waals surface area contributed by atoms with Crippen LogP contribution in [0.2, 0.25) is 0 Å². The van der Waals surface area contributed by atoms with Crippen LogP contribution in [0.15, 0.2) is 42.5 Å². The minimum Gasteiger partial charge on any atom is -0.366 e. The number of rotatable bonds is 6. The van der Waals surface area contributed by atoms with Crippen LogP contribution in [0.25, 0.3) is 0 Å². The molecule has 2 N–H and O–H groups in total. The molecule has 106 valence electrons. The van der Waals surface area contributed by atoms with Gasteiger partial charge in [0.05, 0.1) is 12.2 Å². The summed E-state index contributed by atoms with van der Waals surface area (Å²) in [5.41, 5.74) is 10.3. The van der Waals surface area contributed by atoms with Gasteiger partial charge in [-0.3, -0.25) is 4.98 Å². The normalized spacial score (nSPS) is 10.6. The minimum atomic E-state index is 0.712. The lowest BCUT2D eigenvalue weighted by Gasteiger charge is -2.25. The van der Waals surface area contributed by atoms with Gasteiger partial charge in [0.2, 0.25) is 0 Å². The minimum absolute atomic E-state index is 0.712. The average molecular weight is 269 g/mol. The molecule has 1 aromatic carbocycles. The molecule has 0 saturated heterocycles. The van der Waals surface area contributed by atoms with Crippen LogP contribution >= 0.6 is 0 Å². The van der Waals surface area contributed by atoms with Gasteiger partial charge in [0.15, 0.2) is 0 Å². The second-order valence-corrected chi connectivity index (χ2v) is 5.17. The van der Waals surface area contributed by atoms with Crippen molar-refractivity contribution in [2.75, 3.05) is 18.0 Å². The van der Waals surface area contributed by atoms with Crippen LogP contribution in [0, 0.1) is 13.8 Å². The molecular weight excluding hydrogens is 246 g/mol. The molecule has 2 rings (SSSR count).